The van der Waals surface area contributed by atoms with E-state index < -0.39 is 0 Å². The van der Waals surface area contributed by atoms with E-state index in [-0.39, 0.29) is 0 Å². The van der Waals surface area contributed by atoms with Crippen molar-refractivity contribution < 1.29 is 0 Å². The van der Waals surface area contributed by atoms with Crippen molar-refractivity contribution >= 4 is 35.0 Å². The van der Waals surface area contributed by atoms with Crippen molar-refractivity contribution in [1.82, 2.24) is 15.0 Å². The third kappa shape index (κ3) is 2.40. The number of anilines is 2. The largest absolute Gasteiger partial charge is 0.298 e. The molecule has 0 bridgehead atoms. The lowest BCUT2D eigenvalue weighted by Crippen LogP contribution is -2.14. The van der Waals surface area contributed by atoms with Crippen LogP contribution in [0.2, 0.25) is 10.3 Å². The molecule has 2 aromatic rings. The molecule has 0 saturated heterocycles. The number of hydrogen-bond acceptors (Lipinski definition) is 4. The molecule has 0 N–H and O–H groups in total. The molecule has 82 valence electrons. The topological polar surface area (TPSA) is 41.9 Å². The van der Waals surface area contributed by atoms with Crippen LogP contribution in [0.1, 0.15) is 0 Å². The quantitative estimate of drug-likeness (QED) is 0.773. The standard InChI is InChI=1S/C10H8Cl2N4/c1-16(9-4-2-3-5-13-9)10-14-7(11)6-8(12)15-10/h2-6H,1H3. The smallest absolute Gasteiger partial charge is 0.233 e. The molecule has 0 atom stereocenters. The number of rotatable bonds is 2. The Morgan fingerprint density at radius 3 is 2.38 bits per heavy atom. The van der Waals surface area contributed by atoms with Gasteiger partial charge in [-0.15, -0.1) is 0 Å². The highest BCUT2D eigenvalue weighted by molar-refractivity contribution is 6.33. The van der Waals surface area contributed by atoms with Gasteiger partial charge in [-0.05, 0) is 12.1 Å². The summed E-state index contributed by atoms with van der Waals surface area (Å²) in [5.41, 5.74) is 0. The van der Waals surface area contributed by atoms with Crippen LogP contribution in [0.15, 0.2) is 30.5 Å². The molecule has 0 unspecified atom stereocenters. The third-order valence-electron chi connectivity index (χ3n) is 1.94. The molecule has 4 nitrogen and oxygen atoms in total. The van der Waals surface area contributed by atoms with Crippen molar-refractivity contribution in [3.63, 3.8) is 0 Å². The minimum absolute atomic E-state index is 0.304. The van der Waals surface area contributed by atoms with Gasteiger partial charge in [-0.1, -0.05) is 29.3 Å². The van der Waals surface area contributed by atoms with E-state index in [0.717, 1.165) is 5.82 Å². The highest BCUT2D eigenvalue weighted by Crippen LogP contribution is 2.21. The molecular formula is C10H8Cl2N4. The summed E-state index contributed by atoms with van der Waals surface area (Å²) < 4.78 is 0. The van der Waals surface area contributed by atoms with Gasteiger partial charge in [0.25, 0.3) is 0 Å². The van der Waals surface area contributed by atoms with Crippen LogP contribution in [0, 0.1) is 0 Å². The van der Waals surface area contributed by atoms with Crippen molar-refractivity contribution in [2.75, 3.05) is 11.9 Å². The molecule has 0 radical (unpaired) electrons. The summed E-state index contributed by atoms with van der Waals surface area (Å²) in [6, 6.07) is 7.05. The maximum atomic E-state index is 5.80. The van der Waals surface area contributed by atoms with Crippen LogP contribution >= 0.6 is 23.2 Å². The fourth-order valence-corrected chi connectivity index (χ4v) is 1.60. The second-order valence-corrected chi connectivity index (χ2v) is 3.83. The summed E-state index contributed by atoms with van der Waals surface area (Å²) in [5.74, 6) is 1.14. The van der Waals surface area contributed by atoms with Gasteiger partial charge < -0.3 is 0 Å². The van der Waals surface area contributed by atoms with Crippen LogP contribution in [-0.2, 0) is 0 Å². The molecule has 2 heterocycles. The van der Waals surface area contributed by atoms with Crippen molar-refractivity contribution in [2.45, 2.75) is 0 Å². The highest BCUT2D eigenvalue weighted by Gasteiger charge is 2.09. The first kappa shape index (κ1) is 11.1. The second-order valence-electron chi connectivity index (χ2n) is 3.06. The summed E-state index contributed by atoms with van der Waals surface area (Å²) in [6.07, 6.45) is 1.69. The van der Waals surface area contributed by atoms with Crippen LogP contribution in [0.25, 0.3) is 0 Å². The Bertz CT molecular complexity index is 469. The maximum absolute atomic E-state index is 5.80. The SMILES string of the molecule is CN(c1ccccn1)c1nc(Cl)cc(Cl)n1. The summed E-state index contributed by atoms with van der Waals surface area (Å²) in [5, 5.41) is 0.607. The monoisotopic (exact) mass is 254 g/mol. The molecule has 0 aliphatic rings. The molecule has 0 aliphatic heterocycles. The molecule has 0 saturated carbocycles. The summed E-state index contributed by atoms with van der Waals surface area (Å²) >= 11 is 11.6. The zero-order chi connectivity index (χ0) is 11.5. The van der Waals surface area contributed by atoms with Crippen LogP contribution in [0.3, 0.4) is 0 Å². The summed E-state index contributed by atoms with van der Waals surface area (Å²) in [6.45, 7) is 0. The molecule has 2 aromatic heterocycles. The van der Waals surface area contributed by atoms with E-state index in [2.05, 4.69) is 15.0 Å². The van der Waals surface area contributed by atoms with Gasteiger partial charge in [0.15, 0.2) is 0 Å². The average molecular weight is 255 g/mol. The zero-order valence-corrected chi connectivity index (χ0v) is 9.94. The van der Waals surface area contributed by atoms with Crippen molar-refractivity contribution in [1.29, 1.82) is 0 Å². The first-order chi connectivity index (χ1) is 7.66. The van der Waals surface area contributed by atoms with E-state index in [1.54, 1.807) is 18.1 Å². The molecule has 2 rings (SSSR count). The Balaban J connectivity index is 2.37. The van der Waals surface area contributed by atoms with Crippen molar-refractivity contribution in [2.24, 2.45) is 0 Å². The van der Waals surface area contributed by atoms with Crippen LogP contribution < -0.4 is 4.90 Å². The lowest BCUT2D eigenvalue weighted by atomic mass is 10.4. The predicted octanol–water partition coefficient (Wildman–Crippen LogP) is 2.95. The van der Waals surface area contributed by atoms with Crippen molar-refractivity contribution in [3.05, 3.63) is 40.8 Å². The van der Waals surface area contributed by atoms with Gasteiger partial charge in [-0.2, -0.15) is 0 Å². The Labute approximate surface area is 103 Å². The molecule has 0 spiro atoms. The molecule has 0 fully saturated rings. The van der Waals surface area contributed by atoms with Crippen LogP contribution in [-0.4, -0.2) is 22.0 Å². The number of aromatic nitrogens is 3. The summed E-state index contributed by atoms with van der Waals surface area (Å²) in [7, 11) is 1.80. The molecule has 0 amide bonds. The van der Waals surface area contributed by atoms with E-state index in [4.69, 9.17) is 23.2 Å². The zero-order valence-electron chi connectivity index (χ0n) is 8.43. The van der Waals surface area contributed by atoms with Gasteiger partial charge in [0, 0.05) is 19.3 Å². The van der Waals surface area contributed by atoms with E-state index in [9.17, 15) is 0 Å². The molecule has 16 heavy (non-hydrogen) atoms. The number of pyridine rings is 1. The first-order valence-corrected chi connectivity index (χ1v) is 5.27. The Morgan fingerprint density at radius 2 is 1.81 bits per heavy atom. The van der Waals surface area contributed by atoms with Crippen LogP contribution in [0.5, 0.6) is 0 Å². The summed E-state index contributed by atoms with van der Waals surface area (Å²) in [4.78, 5) is 14.0. The van der Waals surface area contributed by atoms with E-state index >= 15 is 0 Å². The molecule has 0 aliphatic carbocycles. The number of hydrogen-bond donors (Lipinski definition) is 0. The van der Waals surface area contributed by atoms with Crippen molar-refractivity contribution in [3.8, 4) is 0 Å². The predicted molar refractivity (Wildman–Crippen MR) is 64.4 cm³/mol. The van der Waals surface area contributed by atoms with Gasteiger partial charge in [0.1, 0.15) is 16.1 Å². The Morgan fingerprint density at radius 1 is 1.12 bits per heavy atom. The first-order valence-electron chi connectivity index (χ1n) is 4.51. The van der Waals surface area contributed by atoms with Gasteiger partial charge in [0.2, 0.25) is 5.95 Å². The van der Waals surface area contributed by atoms with E-state index in [1.165, 1.54) is 6.07 Å². The lowest BCUT2D eigenvalue weighted by Gasteiger charge is -2.15. The number of halogens is 2. The fourth-order valence-electron chi connectivity index (χ4n) is 1.18. The highest BCUT2D eigenvalue weighted by atomic mass is 35.5. The van der Waals surface area contributed by atoms with Gasteiger partial charge >= 0.3 is 0 Å². The van der Waals surface area contributed by atoms with E-state index in [1.807, 2.05) is 18.2 Å². The average Bonchev–Trinajstić information content (AvgIpc) is 2.28. The minimum Gasteiger partial charge on any atom is -0.298 e. The normalized spacial score (nSPS) is 10.2. The maximum Gasteiger partial charge on any atom is 0.233 e. The van der Waals surface area contributed by atoms with E-state index in [0.29, 0.717) is 16.3 Å². The van der Waals surface area contributed by atoms with Gasteiger partial charge in [-0.3, -0.25) is 4.90 Å². The molecule has 0 aromatic carbocycles. The molecular weight excluding hydrogens is 247 g/mol. The minimum atomic E-state index is 0.304. The number of nitrogens with zero attached hydrogens (tertiary/aromatic N) is 4. The third-order valence-corrected chi connectivity index (χ3v) is 2.33. The molecule has 6 heteroatoms. The van der Waals surface area contributed by atoms with Gasteiger partial charge in [0.05, 0.1) is 0 Å². The lowest BCUT2D eigenvalue weighted by molar-refractivity contribution is 1.01. The Kier molecular flexibility index (Phi) is 3.22. The Hall–Kier alpha value is -1.39. The van der Waals surface area contributed by atoms with Crippen LogP contribution in [0.4, 0.5) is 11.8 Å². The second kappa shape index (κ2) is 4.63. The van der Waals surface area contributed by atoms with Gasteiger partial charge in [-0.25, -0.2) is 15.0 Å². The fraction of sp³-hybridized carbons (Fsp3) is 0.100.